The van der Waals surface area contributed by atoms with Gasteiger partial charge in [-0.1, -0.05) is 30.4 Å². The van der Waals surface area contributed by atoms with Gasteiger partial charge >= 0.3 is 0 Å². The van der Waals surface area contributed by atoms with Crippen LogP contribution in [0.3, 0.4) is 0 Å². The Kier molecular flexibility index (Phi) is 5.16. The van der Waals surface area contributed by atoms with Gasteiger partial charge in [-0.3, -0.25) is 0 Å². The summed E-state index contributed by atoms with van der Waals surface area (Å²) in [6, 6.07) is 7.96. The number of carbonyl (C=O) groups excluding carboxylic acids is 1. The Morgan fingerprint density at radius 2 is 2.29 bits per heavy atom. The number of ether oxygens (including phenoxy) is 1. The molecular weight excluding hydrogens is 288 g/mol. The van der Waals surface area contributed by atoms with E-state index in [2.05, 4.69) is 23.3 Å². The minimum Gasteiger partial charge on any atom is -0.544 e. The Morgan fingerprint density at radius 1 is 1.48 bits per heavy atom. The maximum Gasteiger partial charge on any atom is 0.183 e. The Balaban J connectivity index is 1.81. The minimum absolute atomic E-state index is 0.161. The van der Waals surface area contributed by atoms with Gasteiger partial charge in [0.1, 0.15) is 12.4 Å². The van der Waals surface area contributed by atoms with Crippen LogP contribution in [-0.4, -0.2) is 24.1 Å². The number of carboxylic acid groups (broad SMARTS) is 1. The van der Waals surface area contributed by atoms with E-state index in [1.807, 2.05) is 18.2 Å². The molecule has 1 aromatic carbocycles. The smallest absolute Gasteiger partial charge is 0.183 e. The van der Waals surface area contributed by atoms with Gasteiger partial charge in [-0.15, -0.1) is 0 Å². The number of hydrogen-bond donors (Lipinski definition) is 1. The lowest BCUT2D eigenvalue weighted by Crippen LogP contribution is -2.21. The van der Waals surface area contributed by atoms with Crippen LogP contribution in [0.5, 0.6) is 5.75 Å². The van der Waals surface area contributed by atoms with E-state index in [1.165, 1.54) is 5.56 Å². The molecule has 0 aliphatic heterocycles. The number of aromatic carboxylic acids is 1. The molecular formula is C15H17N2O3S-. The van der Waals surface area contributed by atoms with Crippen molar-refractivity contribution in [2.24, 2.45) is 0 Å². The third-order valence-electron chi connectivity index (χ3n) is 2.94. The molecule has 1 heterocycles. The topological polar surface area (TPSA) is 74.3 Å². The predicted molar refractivity (Wildman–Crippen MR) is 81.0 cm³/mol. The van der Waals surface area contributed by atoms with Crippen LogP contribution >= 0.6 is 11.3 Å². The van der Waals surface area contributed by atoms with Crippen molar-refractivity contribution < 1.29 is 14.6 Å². The highest BCUT2D eigenvalue weighted by Gasteiger charge is 2.07. The molecule has 0 radical (unpaired) electrons. The molecule has 6 heteroatoms. The SMILES string of the molecule is CCc1cccc(OCCNc2nc(C)c(C(=O)[O-])s2)c1. The molecule has 21 heavy (non-hydrogen) atoms. The van der Waals surface area contributed by atoms with Gasteiger partial charge in [-0.05, 0) is 31.0 Å². The van der Waals surface area contributed by atoms with Gasteiger partial charge < -0.3 is 20.0 Å². The number of aryl methyl sites for hydroxylation is 2. The normalized spacial score (nSPS) is 10.4. The van der Waals surface area contributed by atoms with E-state index in [-0.39, 0.29) is 4.88 Å². The Hall–Kier alpha value is -2.08. The number of nitrogens with one attached hydrogen (secondary N) is 1. The second kappa shape index (κ2) is 7.08. The van der Waals surface area contributed by atoms with Crippen LogP contribution < -0.4 is 15.2 Å². The van der Waals surface area contributed by atoms with E-state index in [9.17, 15) is 9.90 Å². The van der Waals surface area contributed by atoms with Gasteiger partial charge in [-0.25, -0.2) is 4.98 Å². The fourth-order valence-electron chi connectivity index (χ4n) is 1.84. The van der Waals surface area contributed by atoms with E-state index in [1.54, 1.807) is 6.92 Å². The predicted octanol–water partition coefficient (Wildman–Crippen LogP) is 1.87. The van der Waals surface area contributed by atoms with E-state index >= 15 is 0 Å². The number of thiazole rings is 1. The molecule has 0 unspecified atom stereocenters. The number of hydrogen-bond acceptors (Lipinski definition) is 6. The van der Waals surface area contributed by atoms with Crippen molar-refractivity contribution in [3.8, 4) is 5.75 Å². The molecule has 0 saturated carbocycles. The first-order valence-electron chi connectivity index (χ1n) is 6.74. The lowest BCUT2D eigenvalue weighted by Gasteiger charge is -2.07. The molecule has 0 spiro atoms. The monoisotopic (exact) mass is 305 g/mol. The molecule has 0 aliphatic rings. The first kappa shape index (κ1) is 15.3. The van der Waals surface area contributed by atoms with Crippen LogP contribution in [0.4, 0.5) is 5.13 Å². The fraction of sp³-hybridized carbons (Fsp3) is 0.333. The summed E-state index contributed by atoms with van der Waals surface area (Å²) in [4.78, 5) is 15.1. The number of rotatable bonds is 7. The highest BCUT2D eigenvalue weighted by atomic mass is 32.1. The summed E-state index contributed by atoms with van der Waals surface area (Å²) in [6.07, 6.45) is 0.972. The van der Waals surface area contributed by atoms with E-state index < -0.39 is 5.97 Å². The lowest BCUT2D eigenvalue weighted by molar-refractivity contribution is -0.254. The van der Waals surface area contributed by atoms with Crippen molar-refractivity contribution in [3.05, 3.63) is 40.4 Å². The van der Waals surface area contributed by atoms with Crippen molar-refractivity contribution in [1.29, 1.82) is 0 Å². The van der Waals surface area contributed by atoms with Gasteiger partial charge in [0.25, 0.3) is 0 Å². The average molecular weight is 305 g/mol. The number of benzene rings is 1. The van der Waals surface area contributed by atoms with Crippen LogP contribution in [-0.2, 0) is 6.42 Å². The summed E-state index contributed by atoms with van der Waals surface area (Å²) in [5, 5.41) is 14.4. The summed E-state index contributed by atoms with van der Waals surface area (Å²) >= 11 is 1.08. The van der Waals surface area contributed by atoms with Gasteiger partial charge in [0.05, 0.1) is 23.1 Å². The lowest BCUT2D eigenvalue weighted by atomic mass is 10.2. The van der Waals surface area contributed by atoms with Crippen LogP contribution in [0.1, 0.15) is 27.9 Å². The van der Waals surface area contributed by atoms with E-state index in [4.69, 9.17) is 4.74 Å². The zero-order chi connectivity index (χ0) is 15.2. The van der Waals surface area contributed by atoms with Gasteiger partial charge in [-0.2, -0.15) is 0 Å². The number of aromatic nitrogens is 1. The second-order valence-electron chi connectivity index (χ2n) is 4.50. The molecule has 0 aliphatic carbocycles. The molecule has 2 aromatic rings. The largest absolute Gasteiger partial charge is 0.544 e. The molecule has 0 bridgehead atoms. The maximum absolute atomic E-state index is 10.8. The Bertz CT molecular complexity index is 625. The molecule has 0 saturated heterocycles. The molecule has 5 nitrogen and oxygen atoms in total. The van der Waals surface area contributed by atoms with Crippen molar-refractivity contribution in [2.45, 2.75) is 20.3 Å². The maximum atomic E-state index is 10.8. The van der Waals surface area contributed by atoms with Crippen LogP contribution in [0.25, 0.3) is 0 Å². The quantitative estimate of drug-likeness (QED) is 0.790. The second-order valence-corrected chi connectivity index (χ2v) is 5.50. The summed E-state index contributed by atoms with van der Waals surface area (Å²) in [5.41, 5.74) is 1.70. The zero-order valence-electron chi connectivity index (χ0n) is 12.0. The van der Waals surface area contributed by atoms with Crippen molar-refractivity contribution in [2.75, 3.05) is 18.5 Å². The number of anilines is 1. The summed E-state index contributed by atoms with van der Waals surface area (Å²) in [6.45, 7) is 4.78. The number of nitrogens with zero attached hydrogens (tertiary/aromatic N) is 1. The third kappa shape index (κ3) is 4.19. The highest BCUT2D eigenvalue weighted by molar-refractivity contribution is 7.17. The Labute approximate surface area is 127 Å². The van der Waals surface area contributed by atoms with E-state index in [0.29, 0.717) is 24.0 Å². The number of carboxylic acids is 1. The first-order valence-corrected chi connectivity index (χ1v) is 7.56. The summed E-state index contributed by atoms with van der Waals surface area (Å²) < 4.78 is 5.64. The molecule has 2 rings (SSSR count). The first-order chi connectivity index (χ1) is 10.1. The van der Waals surface area contributed by atoms with Gasteiger partial charge in [0.15, 0.2) is 5.13 Å². The summed E-state index contributed by atoms with van der Waals surface area (Å²) in [7, 11) is 0. The molecule has 0 atom stereocenters. The third-order valence-corrected chi connectivity index (χ3v) is 4.03. The summed E-state index contributed by atoms with van der Waals surface area (Å²) in [5.74, 6) is -0.354. The standard InChI is InChI=1S/C15H18N2O3S/c1-3-11-5-4-6-12(9-11)20-8-7-16-15-17-10(2)13(21-15)14(18)19/h4-6,9H,3,7-8H2,1-2H3,(H,16,17)(H,18,19)/p-1. The van der Waals surface area contributed by atoms with Gasteiger partial charge in [0, 0.05) is 0 Å². The van der Waals surface area contributed by atoms with Crippen molar-refractivity contribution in [1.82, 2.24) is 4.98 Å². The molecule has 1 aromatic heterocycles. The van der Waals surface area contributed by atoms with Crippen LogP contribution in [0.2, 0.25) is 0 Å². The zero-order valence-corrected chi connectivity index (χ0v) is 12.8. The van der Waals surface area contributed by atoms with E-state index in [0.717, 1.165) is 23.5 Å². The van der Waals surface area contributed by atoms with Crippen molar-refractivity contribution >= 4 is 22.4 Å². The fourth-order valence-corrected chi connectivity index (χ4v) is 2.67. The molecule has 112 valence electrons. The minimum atomic E-state index is -1.19. The molecule has 1 N–H and O–H groups in total. The van der Waals surface area contributed by atoms with Crippen LogP contribution in [0, 0.1) is 6.92 Å². The van der Waals surface area contributed by atoms with Gasteiger partial charge in [0.2, 0.25) is 0 Å². The molecule has 0 amide bonds. The Morgan fingerprint density at radius 3 is 2.95 bits per heavy atom. The average Bonchev–Trinajstić information content (AvgIpc) is 2.85. The number of carbonyl (C=O) groups is 1. The van der Waals surface area contributed by atoms with Crippen molar-refractivity contribution in [3.63, 3.8) is 0 Å². The van der Waals surface area contributed by atoms with Crippen LogP contribution in [0.15, 0.2) is 24.3 Å². The highest BCUT2D eigenvalue weighted by Crippen LogP contribution is 2.21. The molecule has 0 fully saturated rings.